The molecule has 0 radical (unpaired) electrons. The van der Waals surface area contributed by atoms with Crippen molar-refractivity contribution in [2.75, 3.05) is 26.2 Å². The van der Waals surface area contributed by atoms with Crippen molar-refractivity contribution in [3.63, 3.8) is 0 Å². The summed E-state index contributed by atoms with van der Waals surface area (Å²) in [6, 6.07) is 15.7. The Balaban J connectivity index is 0.000000229. The third-order valence-electron chi connectivity index (χ3n) is 6.71. The van der Waals surface area contributed by atoms with Crippen LogP contribution in [-0.2, 0) is 11.3 Å². The van der Waals surface area contributed by atoms with E-state index in [2.05, 4.69) is 34.1 Å². The van der Waals surface area contributed by atoms with Crippen LogP contribution >= 0.6 is 0 Å². The van der Waals surface area contributed by atoms with Gasteiger partial charge in [0.15, 0.2) is 0 Å². The molecular weight excluding hydrogens is 434 g/mol. The second-order valence-corrected chi connectivity index (χ2v) is 8.90. The molecule has 0 saturated carbocycles. The van der Waals surface area contributed by atoms with Crippen LogP contribution in [0.2, 0.25) is 0 Å². The van der Waals surface area contributed by atoms with Crippen LogP contribution in [0.15, 0.2) is 54.6 Å². The first-order valence-corrected chi connectivity index (χ1v) is 11.7. The number of benzene rings is 2. The molecule has 182 valence electrons. The van der Waals surface area contributed by atoms with Crippen LogP contribution in [0, 0.1) is 0 Å². The fourth-order valence-corrected chi connectivity index (χ4v) is 4.75. The Hall–Kier alpha value is -3.23. The summed E-state index contributed by atoms with van der Waals surface area (Å²) in [7, 11) is 0. The fourth-order valence-electron chi connectivity index (χ4n) is 4.75. The summed E-state index contributed by atoms with van der Waals surface area (Å²) >= 11 is 0. The molecule has 4 N–H and O–H groups in total. The lowest BCUT2D eigenvalue weighted by Gasteiger charge is -2.48. The van der Waals surface area contributed by atoms with Gasteiger partial charge in [0.1, 0.15) is 5.54 Å². The number of likely N-dealkylation sites (tertiary alicyclic amines) is 2. The second-order valence-electron chi connectivity index (χ2n) is 8.90. The van der Waals surface area contributed by atoms with Gasteiger partial charge in [-0.3, -0.25) is 14.6 Å². The zero-order valence-electron chi connectivity index (χ0n) is 19.4. The molecule has 2 aliphatic rings. The summed E-state index contributed by atoms with van der Waals surface area (Å²) in [5.74, 6) is -2.37. The molecule has 0 atom stereocenters. The highest BCUT2D eigenvalue weighted by Crippen LogP contribution is 2.32. The average Bonchev–Trinajstić information content (AvgIpc) is 2.86. The van der Waals surface area contributed by atoms with Gasteiger partial charge in [-0.05, 0) is 62.5 Å². The molecule has 2 aromatic rings. The molecule has 4 rings (SSSR count). The maximum atomic E-state index is 12.2. The van der Waals surface area contributed by atoms with Crippen molar-refractivity contribution >= 4 is 17.8 Å². The molecule has 2 fully saturated rings. The zero-order chi connectivity index (χ0) is 24.6. The van der Waals surface area contributed by atoms with E-state index in [1.165, 1.54) is 43.0 Å². The van der Waals surface area contributed by atoms with E-state index in [9.17, 15) is 14.4 Å². The number of carbonyl (C=O) groups excluding carboxylic acids is 1. The van der Waals surface area contributed by atoms with Crippen molar-refractivity contribution in [1.82, 2.24) is 9.80 Å². The van der Waals surface area contributed by atoms with E-state index in [1.54, 1.807) is 0 Å². The van der Waals surface area contributed by atoms with Crippen molar-refractivity contribution in [3.8, 4) is 0 Å². The number of carbonyl (C=O) groups is 3. The largest absolute Gasteiger partial charge is 0.478 e. The van der Waals surface area contributed by atoms with E-state index in [-0.39, 0.29) is 17.0 Å². The van der Waals surface area contributed by atoms with Crippen LogP contribution in [0.25, 0.3) is 0 Å². The number of hydrogen-bond donors (Lipinski definition) is 3. The number of nitrogens with two attached hydrogens (primary N) is 1. The maximum Gasteiger partial charge on any atom is 0.335 e. The molecule has 2 aliphatic heterocycles. The molecule has 0 spiro atoms. The van der Waals surface area contributed by atoms with Gasteiger partial charge in [0.05, 0.1) is 11.1 Å². The summed E-state index contributed by atoms with van der Waals surface area (Å²) < 4.78 is 0. The second kappa shape index (κ2) is 11.8. The molecule has 34 heavy (non-hydrogen) atoms. The van der Waals surface area contributed by atoms with Crippen LogP contribution < -0.4 is 5.73 Å². The number of hydrogen-bond acceptors (Lipinski definition) is 5. The molecular formula is C26H33N3O5. The highest BCUT2D eigenvalue weighted by molar-refractivity contribution is 5.93. The molecule has 0 unspecified atom stereocenters. The Morgan fingerprint density at radius 2 is 1.35 bits per heavy atom. The minimum atomic E-state index is -1.13. The van der Waals surface area contributed by atoms with Crippen molar-refractivity contribution < 1.29 is 24.6 Å². The number of primary amides is 1. The van der Waals surface area contributed by atoms with Crippen molar-refractivity contribution in [3.05, 3.63) is 71.3 Å². The average molecular weight is 468 g/mol. The molecule has 8 heteroatoms. The predicted molar refractivity (Wildman–Crippen MR) is 129 cm³/mol. The summed E-state index contributed by atoms with van der Waals surface area (Å²) in [6.07, 6.45) is 5.42. The standard InChI is InChI=1S/C18H27N3O.C8H6O4/c19-17(22)18(21-11-5-2-6-12-21)9-13-20(14-10-18)15-16-7-3-1-4-8-16;9-7(10)5-2-1-3-6(4-5)8(11)12/h1,3-4,7-8H,2,5-6,9-15H2,(H2,19,22);1-4H,(H,9,10)(H,11,12). The molecule has 0 aliphatic carbocycles. The van der Waals surface area contributed by atoms with E-state index >= 15 is 0 Å². The topological polar surface area (TPSA) is 124 Å². The Kier molecular flexibility index (Phi) is 8.79. The Morgan fingerprint density at radius 1 is 0.794 bits per heavy atom. The Morgan fingerprint density at radius 3 is 1.85 bits per heavy atom. The number of piperidine rings is 2. The van der Waals surface area contributed by atoms with E-state index in [4.69, 9.17) is 15.9 Å². The number of nitrogens with zero attached hydrogens (tertiary/aromatic N) is 2. The van der Waals surface area contributed by atoms with Gasteiger partial charge < -0.3 is 15.9 Å². The number of carboxylic acids is 2. The zero-order valence-corrected chi connectivity index (χ0v) is 19.4. The van der Waals surface area contributed by atoms with Crippen molar-refractivity contribution in [2.24, 2.45) is 5.73 Å². The molecule has 2 aromatic carbocycles. The smallest absolute Gasteiger partial charge is 0.335 e. The SMILES string of the molecule is NC(=O)C1(N2CCCCC2)CCN(Cc2ccccc2)CC1.O=C(O)c1cccc(C(=O)O)c1. The van der Waals surface area contributed by atoms with Gasteiger partial charge in [0.25, 0.3) is 0 Å². The lowest BCUT2D eigenvalue weighted by molar-refractivity contribution is -0.135. The van der Waals surface area contributed by atoms with E-state index < -0.39 is 17.5 Å². The number of aromatic carboxylic acids is 2. The first kappa shape index (κ1) is 25.4. The maximum absolute atomic E-state index is 12.2. The van der Waals surface area contributed by atoms with Gasteiger partial charge >= 0.3 is 11.9 Å². The monoisotopic (exact) mass is 467 g/mol. The van der Waals surface area contributed by atoms with Crippen molar-refractivity contribution in [2.45, 2.75) is 44.2 Å². The minimum absolute atomic E-state index is 0.0186. The summed E-state index contributed by atoms with van der Waals surface area (Å²) in [5.41, 5.74) is 6.74. The summed E-state index contributed by atoms with van der Waals surface area (Å²) in [6.45, 7) is 4.93. The third-order valence-corrected chi connectivity index (χ3v) is 6.71. The van der Waals surface area contributed by atoms with Crippen LogP contribution in [-0.4, -0.2) is 69.6 Å². The van der Waals surface area contributed by atoms with Gasteiger partial charge in [-0.1, -0.05) is 42.8 Å². The van der Waals surface area contributed by atoms with Crippen LogP contribution in [0.5, 0.6) is 0 Å². The molecule has 2 heterocycles. The first-order valence-electron chi connectivity index (χ1n) is 11.7. The first-order chi connectivity index (χ1) is 16.3. The molecule has 2 saturated heterocycles. The van der Waals surface area contributed by atoms with E-state index in [1.807, 2.05) is 6.07 Å². The number of rotatable bonds is 6. The quantitative estimate of drug-likeness (QED) is 0.596. The highest BCUT2D eigenvalue weighted by atomic mass is 16.4. The normalized spacial score (nSPS) is 18.4. The fraction of sp³-hybridized carbons (Fsp3) is 0.423. The summed E-state index contributed by atoms with van der Waals surface area (Å²) in [4.78, 5) is 37.8. The highest BCUT2D eigenvalue weighted by Gasteiger charge is 2.44. The van der Waals surface area contributed by atoms with E-state index in [0.29, 0.717) is 0 Å². The van der Waals surface area contributed by atoms with Crippen LogP contribution in [0.4, 0.5) is 0 Å². The molecule has 0 aromatic heterocycles. The summed E-state index contributed by atoms with van der Waals surface area (Å²) in [5, 5.41) is 17.0. The van der Waals surface area contributed by atoms with Gasteiger partial charge in [-0.15, -0.1) is 0 Å². The lowest BCUT2D eigenvalue weighted by atomic mass is 9.83. The Bertz CT molecular complexity index is 952. The molecule has 8 nitrogen and oxygen atoms in total. The van der Waals surface area contributed by atoms with Gasteiger partial charge in [-0.25, -0.2) is 9.59 Å². The molecule has 1 amide bonds. The van der Waals surface area contributed by atoms with Crippen molar-refractivity contribution in [1.29, 1.82) is 0 Å². The Labute approximate surface area is 200 Å². The molecule has 0 bridgehead atoms. The lowest BCUT2D eigenvalue weighted by Crippen LogP contribution is -2.63. The van der Waals surface area contributed by atoms with Crippen LogP contribution in [0.1, 0.15) is 58.4 Å². The van der Waals surface area contributed by atoms with Crippen LogP contribution in [0.3, 0.4) is 0 Å². The third kappa shape index (κ3) is 6.42. The van der Waals surface area contributed by atoms with E-state index in [0.717, 1.165) is 51.6 Å². The minimum Gasteiger partial charge on any atom is -0.478 e. The number of carboxylic acid groups (broad SMARTS) is 2. The van der Waals surface area contributed by atoms with Gasteiger partial charge in [0, 0.05) is 19.6 Å². The van der Waals surface area contributed by atoms with Gasteiger partial charge in [0.2, 0.25) is 5.91 Å². The predicted octanol–water partition coefficient (Wildman–Crippen LogP) is 3.08. The van der Waals surface area contributed by atoms with Gasteiger partial charge in [-0.2, -0.15) is 0 Å². The number of amides is 1.